The van der Waals surface area contributed by atoms with Crippen molar-refractivity contribution < 1.29 is 17.6 Å². The number of aromatic nitrogens is 4. The Morgan fingerprint density at radius 1 is 0.879 bits per heavy atom. The van der Waals surface area contributed by atoms with Crippen molar-refractivity contribution in [3.63, 3.8) is 0 Å². The van der Waals surface area contributed by atoms with Gasteiger partial charge in [0.05, 0.1) is 12.1 Å². The fraction of sp³-hybridized carbons (Fsp3) is 0.250. The van der Waals surface area contributed by atoms with Gasteiger partial charge in [0, 0.05) is 35.2 Å². The molecule has 0 amide bonds. The molecule has 0 bridgehead atoms. The predicted octanol–water partition coefficient (Wildman–Crippen LogP) is 5.36. The van der Waals surface area contributed by atoms with Crippen molar-refractivity contribution in [3.05, 3.63) is 84.0 Å². The van der Waals surface area contributed by atoms with E-state index in [-0.39, 0.29) is 5.56 Å². The standard InChI is InChI=1S/C24H21F4N5/c25-21-9-7-17(12-20(21)24(26,27)28)18-13-31-22(32-14-18)15-29-10-2-1-5-19-8-6-16-4-3-11-30-23(16)33-19/h3-4,6-9,11-14,29H,1-2,5,10,15H2. The molecule has 4 aromatic rings. The summed E-state index contributed by atoms with van der Waals surface area (Å²) in [6.45, 7) is 1.21. The third-order valence-corrected chi connectivity index (χ3v) is 5.15. The number of nitrogens with zero attached hydrogens (tertiary/aromatic N) is 4. The van der Waals surface area contributed by atoms with Crippen molar-refractivity contribution in [1.29, 1.82) is 0 Å². The molecule has 9 heteroatoms. The molecule has 1 N–H and O–H groups in total. The molecule has 4 rings (SSSR count). The van der Waals surface area contributed by atoms with Crippen LogP contribution in [0.1, 0.15) is 29.9 Å². The highest BCUT2D eigenvalue weighted by molar-refractivity contribution is 5.74. The largest absolute Gasteiger partial charge is 0.419 e. The Morgan fingerprint density at radius 2 is 1.70 bits per heavy atom. The van der Waals surface area contributed by atoms with Gasteiger partial charge in [-0.05, 0) is 67.8 Å². The average molecular weight is 455 g/mol. The van der Waals surface area contributed by atoms with Crippen LogP contribution in [0.15, 0.2) is 61.1 Å². The highest BCUT2D eigenvalue weighted by Gasteiger charge is 2.34. The number of pyridine rings is 2. The second kappa shape index (κ2) is 9.99. The van der Waals surface area contributed by atoms with E-state index in [1.54, 1.807) is 6.20 Å². The summed E-state index contributed by atoms with van der Waals surface area (Å²) >= 11 is 0. The molecular weight excluding hydrogens is 434 g/mol. The van der Waals surface area contributed by atoms with Crippen LogP contribution in [0, 0.1) is 5.82 Å². The van der Waals surface area contributed by atoms with Crippen molar-refractivity contribution in [3.8, 4) is 11.1 Å². The lowest BCUT2D eigenvalue weighted by Gasteiger charge is -2.10. The summed E-state index contributed by atoms with van der Waals surface area (Å²) in [5, 5.41) is 4.28. The minimum atomic E-state index is -4.76. The molecule has 1 aromatic carbocycles. The lowest BCUT2D eigenvalue weighted by atomic mass is 10.1. The van der Waals surface area contributed by atoms with Crippen LogP contribution in [0.2, 0.25) is 0 Å². The third-order valence-electron chi connectivity index (χ3n) is 5.15. The molecule has 0 radical (unpaired) electrons. The average Bonchev–Trinajstić information content (AvgIpc) is 2.81. The molecule has 0 spiro atoms. The number of aryl methyl sites for hydroxylation is 1. The number of hydrogen-bond donors (Lipinski definition) is 1. The number of benzene rings is 1. The number of halogens is 4. The van der Waals surface area contributed by atoms with Crippen LogP contribution in [0.25, 0.3) is 22.2 Å². The van der Waals surface area contributed by atoms with Gasteiger partial charge in [-0.15, -0.1) is 0 Å². The number of nitrogens with one attached hydrogen (secondary N) is 1. The molecule has 170 valence electrons. The summed E-state index contributed by atoms with van der Waals surface area (Å²) in [6, 6.07) is 10.8. The van der Waals surface area contributed by atoms with Crippen LogP contribution >= 0.6 is 0 Å². The van der Waals surface area contributed by atoms with Crippen LogP contribution in [0.4, 0.5) is 17.6 Å². The third kappa shape index (κ3) is 5.87. The molecule has 0 saturated carbocycles. The van der Waals surface area contributed by atoms with Crippen LogP contribution in [-0.4, -0.2) is 26.5 Å². The summed E-state index contributed by atoms with van der Waals surface area (Å²) in [5.74, 6) is -0.778. The van der Waals surface area contributed by atoms with E-state index >= 15 is 0 Å². The highest BCUT2D eigenvalue weighted by atomic mass is 19.4. The van der Waals surface area contributed by atoms with E-state index in [9.17, 15) is 17.6 Å². The molecule has 0 saturated heterocycles. The number of unbranched alkanes of at least 4 members (excludes halogenated alkanes) is 1. The Labute approximate surface area is 188 Å². The van der Waals surface area contributed by atoms with E-state index in [1.165, 1.54) is 18.5 Å². The molecule has 0 fully saturated rings. The molecule has 3 aromatic heterocycles. The number of rotatable bonds is 8. The van der Waals surface area contributed by atoms with Gasteiger partial charge in [0.25, 0.3) is 0 Å². The topological polar surface area (TPSA) is 63.6 Å². The molecule has 5 nitrogen and oxygen atoms in total. The van der Waals surface area contributed by atoms with Crippen LogP contribution in [-0.2, 0) is 19.1 Å². The quantitative estimate of drug-likeness (QED) is 0.286. The van der Waals surface area contributed by atoms with E-state index in [0.717, 1.165) is 54.7 Å². The van der Waals surface area contributed by atoms with Gasteiger partial charge in [-0.1, -0.05) is 6.07 Å². The summed E-state index contributed by atoms with van der Waals surface area (Å²) in [6.07, 6.45) is 2.62. The second-order valence-electron chi connectivity index (χ2n) is 7.57. The van der Waals surface area contributed by atoms with Crippen molar-refractivity contribution in [1.82, 2.24) is 25.3 Å². The smallest absolute Gasteiger partial charge is 0.310 e. The van der Waals surface area contributed by atoms with Gasteiger partial charge in [0.15, 0.2) is 5.65 Å². The van der Waals surface area contributed by atoms with Gasteiger partial charge in [-0.3, -0.25) is 0 Å². The maximum absolute atomic E-state index is 13.5. The second-order valence-corrected chi connectivity index (χ2v) is 7.57. The normalized spacial score (nSPS) is 11.8. The Morgan fingerprint density at radius 3 is 2.48 bits per heavy atom. The van der Waals surface area contributed by atoms with Crippen molar-refractivity contribution >= 4 is 11.0 Å². The number of hydrogen-bond acceptors (Lipinski definition) is 5. The van der Waals surface area contributed by atoms with Crippen LogP contribution < -0.4 is 5.32 Å². The molecule has 0 aliphatic heterocycles. The van der Waals surface area contributed by atoms with E-state index in [2.05, 4.69) is 25.3 Å². The molecule has 33 heavy (non-hydrogen) atoms. The van der Waals surface area contributed by atoms with Gasteiger partial charge in [0.1, 0.15) is 11.6 Å². The lowest BCUT2D eigenvalue weighted by molar-refractivity contribution is -0.139. The first-order valence-electron chi connectivity index (χ1n) is 10.5. The molecule has 0 aliphatic rings. The van der Waals surface area contributed by atoms with Gasteiger partial charge < -0.3 is 5.32 Å². The zero-order valence-corrected chi connectivity index (χ0v) is 17.6. The van der Waals surface area contributed by atoms with Crippen molar-refractivity contribution in [2.45, 2.75) is 32.0 Å². The van der Waals surface area contributed by atoms with Crippen molar-refractivity contribution in [2.75, 3.05) is 6.54 Å². The summed E-state index contributed by atoms with van der Waals surface area (Å²) in [4.78, 5) is 17.2. The van der Waals surface area contributed by atoms with Gasteiger partial charge >= 0.3 is 6.18 Å². The Kier molecular flexibility index (Phi) is 6.88. The number of alkyl halides is 3. The molecular formula is C24H21F4N5. The summed E-state index contributed by atoms with van der Waals surface area (Å²) in [7, 11) is 0. The first kappa shape index (κ1) is 22.7. The van der Waals surface area contributed by atoms with Crippen LogP contribution in [0.3, 0.4) is 0 Å². The molecule has 0 atom stereocenters. The van der Waals surface area contributed by atoms with E-state index in [4.69, 9.17) is 0 Å². The van der Waals surface area contributed by atoms with Crippen molar-refractivity contribution in [2.24, 2.45) is 0 Å². The first-order valence-corrected chi connectivity index (χ1v) is 10.5. The first-order chi connectivity index (χ1) is 15.9. The minimum Gasteiger partial charge on any atom is -0.310 e. The van der Waals surface area contributed by atoms with E-state index in [0.29, 0.717) is 17.9 Å². The fourth-order valence-corrected chi connectivity index (χ4v) is 3.40. The zero-order valence-electron chi connectivity index (χ0n) is 17.6. The van der Waals surface area contributed by atoms with Crippen LogP contribution in [0.5, 0.6) is 0 Å². The van der Waals surface area contributed by atoms with Gasteiger partial charge in [0.2, 0.25) is 0 Å². The zero-order chi connectivity index (χ0) is 23.3. The summed E-state index contributed by atoms with van der Waals surface area (Å²) in [5.41, 5.74) is 1.06. The summed E-state index contributed by atoms with van der Waals surface area (Å²) < 4.78 is 52.2. The lowest BCUT2D eigenvalue weighted by Crippen LogP contribution is -2.16. The Balaban J connectivity index is 1.23. The predicted molar refractivity (Wildman–Crippen MR) is 117 cm³/mol. The monoisotopic (exact) mass is 455 g/mol. The van der Waals surface area contributed by atoms with Gasteiger partial charge in [-0.25, -0.2) is 24.3 Å². The van der Waals surface area contributed by atoms with E-state index in [1.807, 2.05) is 24.3 Å². The maximum atomic E-state index is 13.5. The Hall–Kier alpha value is -3.46. The van der Waals surface area contributed by atoms with E-state index < -0.39 is 17.6 Å². The SMILES string of the molecule is Fc1ccc(-c2cnc(CNCCCCc3ccc4cccnc4n3)nc2)cc1C(F)(F)F. The van der Waals surface area contributed by atoms with Gasteiger partial charge in [-0.2, -0.15) is 13.2 Å². The maximum Gasteiger partial charge on any atom is 0.419 e. The molecule has 3 heterocycles. The molecule has 0 aliphatic carbocycles. The highest BCUT2D eigenvalue weighted by Crippen LogP contribution is 2.34. The molecule has 0 unspecified atom stereocenters. The fourth-order valence-electron chi connectivity index (χ4n) is 3.40. The number of fused-ring (bicyclic) bond motifs is 1. The Bertz CT molecular complexity index is 1230. The minimum absolute atomic E-state index is 0.209.